The van der Waals surface area contributed by atoms with Gasteiger partial charge in [0.05, 0.1) is 12.6 Å². The molecule has 0 spiro atoms. The summed E-state index contributed by atoms with van der Waals surface area (Å²) in [5.74, 6) is 1.01. The molecule has 22 heavy (non-hydrogen) atoms. The normalized spacial score (nSPS) is 17.4. The van der Waals surface area contributed by atoms with Crippen LogP contribution in [0.4, 0.5) is 0 Å². The van der Waals surface area contributed by atoms with Crippen LogP contribution in [0.1, 0.15) is 29.0 Å². The molecule has 3 nitrogen and oxygen atoms in total. The summed E-state index contributed by atoms with van der Waals surface area (Å²) in [6.45, 7) is 9.17. The highest BCUT2D eigenvalue weighted by Gasteiger charge is 2.27. The SMILES string of the molecule is CCOc1ccccc1C(c1cc(C)cs1)N1CCNCC1. The number of aryl methyl sites for hydroxylation is 1. The monoisotopic (exact) mass is 316 g/mol. The van der Waals surface area contributed by atoms with Crippen molar-refractivity contribution in [3.05, 3.63) is 51.7 Å². The molecule has 0 radical (unpaired) electrons. The van der Waals surface area contributed by atoms with Crippen LogP contribution in [0.5, 0.6) is 5.75 Å². The highest BCUT2D eigenvalue weighted by Crippen LogP contribution is 2.37. The van der Waals surface area contributed by atoms with E-state index >= 15 is 0 Å². The number of hydrogen-bond acceptors (Lipinski definition) is 4. The third-order valence-corrected chi connectivity index (χ3v) is 5.15. The second kappa shape index (κ2) is 7.27. The Hall–Kier alpha value is -1.36. The molecular weight excluding hydrogens is 292 g/mol. The molecule has 1 unspecified atom stereocenters. The number of nitrogens with zero attached hydrogens (tertiary/aromatic N) is 1. The van der Waals surface area contributed by atoms with E-state index in [1.165, 1.54) is 16.0 Å². The van der Waals surface area contributed by atoms with Gasteiger partial charge in [-0.15, -0.1) is 11.3 Å². The minimum atomic E-state index is 0.295. The maximum absolute atomic E-state index is 5.90. The fourth-order valence-corrected chi connectivity index (χ4v) is 4.11. The Labute approximate surface area is 136 Å². The van der Waals surface area contributed by atoms with Gasteiger partial charge in [0.1, 0.15) is 5.75 Å². The molecule has 2 aromatic rings. The molecule has 3 rings (SSSR count). The first kappa shape index (κ1) is 15.5. The lowest BCUT2D eigenvalue weighted by atomic mass is 10.0. The fourth-order valence-electron chi connectivity index (χ4n) is 3.06. The Kier molecular flexibility index (Phi) is 5.13. The van der Waals surface area contributed by atoms with Gasteiger partial charge in [-0.1, -0.05) is 18.2 Å². The van der Waals surface area contributed by atoms with Crippen LogP contribution in [0.2, 0.25) is 0 Å². The summed E-state index contributed by atoms with van der Waals surface area (Å²) in [7, 11) is 0. The summed E-state index contributed by atoms with van der Waals surface area (Å²) in [6.07, 6.45) is 0. The van der Waals surface area contributed by atoms with E-state index in [-0.39, 0.29) is 0 Å². The molecule has 1 aromatic carbocycles. The third-order valence-electron chi connectivity index (χ3n) is 4.05. The minimum Gasteiger partial charge on any atom is -0.494 e. The van der Waals surface area contributed by atoms with E-state index in [1.54, 1.807) is 0 Å². The van der Waals surface area contributed by atoms with E-state index in [0.717, 1.165) is 31.9 Å². The second-order valence-electron chi connectivity index (χ2n) is 5.69. The quantitative estimate of drug-likeness (QED) is 0.914. The molecule has 1 aliphatic heterocycles. The van der Waals surface area contributed by atoms with Crippen molar-refractivity contribution >= 4 is 11.3 Å². The molecule has 0 bridgehead atoms. The van der Waals surface area contributed by atoms with E-state index in [1.807, 2.05) is 18.3 Å². The molecule has 0 saturated carbocycles. The first-order valence-corrected chi connectivity index (χ1v) is 8.89. The highest BCUT2D eigenvalue weighted by atomic mass is 32.1. The maximum atomic E-state index is 5.90. The van der Waals surface area contributed by atoms with Gasteiger partial charge in [0, 0.05) is 36.6 Å². The number of nitrogens with one attached hydrogen (secondary N) is 1. The van der Waals surface area contributed by atoms with Crippen LogP contribution in [-0.4, -0.2) is 37.7 Å². The van der Waals surface area contributed by atoms with Gasteiger partial charge in [-0.3, -0.25) is 4.90 Å². The first-order valence-electron chi connectivity index (χ1n) is 8.01. The fraction of sp³-hybridized carbons (Fsp3) is 0.444. The highest BCUT2D eigenvalue weighted by molar-refractivity contribution is 7.10. The Morgan fingerprint density at radius 3 is 2.73 bits per heavy atom. The van der Waals surface area contributed by atoms with E-state index in [0.29, 0.717) is 12.6 Å². The summed E-state index contributed by atoms with van der Waals surface area (Å²) < 4.78 is 5.90. The number of para-hydroxylation sites is 1. The number of rotatable bonds is 5. The van der Waals surface area contributed by atoms with Crippen LogP contribution < -0.4 is 10.1 Å². The van der Waals surface area contributed by atoms with Crippen LogP contribution >= 0.6 is 11.3 Å². The van der Waals surface area contributed by atoms with Gasteiger partial charge in [-0.2, -0.15) is 0 Å². The summed E-state index contributed by atoms with van der Waals surface area (Å²) in [6, 6.07) is 11.1. The molecule has 1 aliphatic rings. The molecular formula is C18H24N2OS. The van der Waals surface area contributed by atoms with Crippen molar-refractivity contribution in [2.45, 2.75) is 19.9 Å². The summed E-state index contributed by atoms with van der Waals surface area (Å²) >= 11 is 1.86. The smallest absolute Gasteiger partial charge is 0.124 e. The van der Waals surface area contributed by atoms with Gasteiger partial charge in [0.2, 0.25) is 0 Å². The van der Waals surface area contributed by atoms with Crippen molar-refractivity contribution in [1.29, 1.82) is 0 Å². The van der Waals surface area contributed by atoms with Crippen molar-refractivity contribution in [3.8, 4) is 5.75 Å². The second-order valence-corrected chi connectivity index (χ2v) is 6.63. The zero-order chi connectivity index (χ0) is 15.4. The van der Waals surface area contributed by atoms with Crippen molar-refractivity contribution in [3.63, 3.8) is 0 Å². The standard InChI is InChI=1S/C18H24N2OS/c1-3-21-16-7-5-4-6-15(16)18(17-12-14(2)13-22-17)20-10-8-19-9-11-20/h4-7,12-13,18-19H,3,8-11H2,1-2H3. The molecule has 1 fully saturated rings. The van der Waals surface area contributed by atoms with E-state index < -0.39 is 0 Å². The van der Waals surface area contributed by atoms with Crippen LogP contribution in [0, 0.1) is 6.92 Å². The predicted octanol–water partition coefficient (Wildman–Crippen LogP) is 3.45. The van der Waals surface area contributed by atoms with Crippen molar-refractivity contribution in [1.82, 2.24) is 10.2 Å². The maximum Gasteiger partial charge on any atom is 0.124 e. The largest absolute Gasteiger partial charge is 0.494 e. The number of ether oxygens (including phenoxy) is 1. The molecule has 118 valence electrons. The first-order chi connectivity index (χ1) is 10.8. The van der Waals surface area contributed by atoms with Crippen LogP contribution in [0.3, 0.4) is 0 Å². The lowest BCUT2D eigenvalue weighted by Crippen LogP contribution is -2.45. The van der Waals surface area contributed by atoms with Crippen LogP contribution in [0.15, 0.2) is 35.7 Å². The number of thiophene rings is 1. The van der Waals surface area contributed by atoms with Crippen molar-refractivity contribution in [2.24, 2.45) is 0 Å². The molecule has 1 atom stereocenters. The number of piperazine rings is 1. The minimum absolute atomic E-state index is 0.295. The van der Waals surface area contributed by atoms with Crippen molar-refractivity contribution in [2.75, 3.05) is 32.8 Å². The molecule has 0 aliphatic carbocycles. The molecule has 1 aromatic heterocycles. The van der Waals surface area contributed by atoms with Gasteiger partial charge in [-0.25, -0.2) is 0 Å². The molecule has 1 N–H and O–H groups in total. The molecule has 4 heteroatoms. The van der Waals surface area contributed by atoms with Crippen LogP contribution in [0.25, 0.3) is 0 Å². The van der Waals surface area contributed by atoms with Crippen molar-refractivity contribution < 1.29 is 4.74 Å². The molecule has 0 amide bonds. The summed E-state index contributed by atoms with van der Waals surface area (Å²) in [4.78, 5) is 3.98. The van der Waals surface area contributed by atoms with Gasteiger partial charge < -0.3 is 10.1 Å². The average Bonchev–Trinajstić information content (AvgIpc) is 2.97. The van der Waals surface area contributed by atoms with Gasteiger partial charge >= 0.3 is 0 Å². The van der Waals surface area contributed by atoms with E-state index in [2.05, 4.69) is 52.9 Å². The van der Waals surface area contributed by atoms with Crippen LogP contribution in [-0.2, 0) is 0 Å². The Balaban J connectivity index is 2.01. The van der Waals surface area contributed by atoms with Gasteiger partial charge in [-0.05, 0) is 36.9 Å². The average molecular weight is 316 g/mol. The zero-order valence-electron chi connectivity index (χ0n) is 13.3. The summed E-state index contributed by atoms with van der Waals surface area (Å²) in [5, 5.41) is 5.69. The van der Waals surface area contributed by atoms with Gasteiger partial charge in [0.15, 0.2) is 0 Å². The Morgan fingerprint density at radius 2 is 2.05 bits per heavy atom. The number of benzene rings is 1. The predicted molar refractivity (Wildman–Crippen MR) is 93.0 cm³/mol. The number of hydrogen-bond donors (Lipinski definition) is 1. The van der Waals surface area contributed by atoms with E-state index in [9.17, 15) is 0 Å². The van der Waals surface area contributed by atoms with E-state index in [4.69, 9.17) is 4.74 Å². The molecule has 2 heterocycles. The topological polar surface area (TPSA) is 24.5 Å². The lowest BCUT2D eigenvalue weighted by molar-refractivity contribution is 0.196. The zero-order valence-corrected chi connectivity index (χ0v) is 14.2. The summed E-state index contributed by atoms with van der Waals surface area (Å²) in [5.41, 5.74) is 2.63. The third kappa shape index (κ3) is 3.35. The molecule has 1 saturated heterocycles. The lowest BCUT2D eigenvalue weighted by Gasteiger charge is -2.35. The van der Waals surface area contributed by atoms with Gasteiger partial charge in [0.25, 0.3) is 0 Å². The Morgan fingerprint density at radius 1 is 1.27 bits per heavy atom. The Bertz CT molecular complexity index is 605.